The van der Waals surface area contributed by atoms with E-state index in [0.717, 1.165) is 16.9 Å². The van der Waals surface area contributed by atoms with E-state index in [0.29, 0.717) is 12.3 Å². The van der Waals surface area contributed by atoms with Crippen LogP contribution in [0, 0.1) is 31.1 Å². The second kappa shape index (κ2) is 7.53. The van der Waals surface area contributed by atoms with Crippen molar-refractivity contribution in [3.8, 4) is 30.5 Å². The number of pyridine rings is 1. The van der Waals surface area contributed by atoms with Gasteiger partial charge in [-0.25, -0.2) is 4.98 Å². The van der Waals surface area contributed by atoms with Gasteiger partial charge in [0, 0.05) is 12.3 Å². The third-order valence-corrected chi connectivity index (χ3v) is 2.31. The maximum absolute atomic E-state index is 8.56. The topological polar surface area (TPSA) is 45.9 Å². The van der Waals surface area contributed by atoms with Crippen LogP contribution in [0.4, 0.5) is 0 Å². The number of aryl methyl sites for hydroxylation is 1. The highest BCUT2D eigenvalue weighted by Gasteiger charge is 1.98. The predicted molar refractivity (Wildman–Crippen MR) is 74.7 cm³/mol. The van der Waals surface area contributed by atoms with Crippen LogP contribution >= 0.6 is 0 Å². The summed E-state index contributed by atoms with van der Waals surface area (Å²) in [5.74, 6) is 1.30. The lowest BCUT2D eigenvalue weighted by Gasteiger charge is -2.05. The first-order valence-corrected chi connectivity index (χ1v) is 5.67. The summed E-state index contributed by atoms with van der Waals surface area (Å²) in [6.45, 7) is 1.98. The first-order valence-electron chi connectivity index (χ1n) is 5.67. The van der Waals surface area contributed by atoms with Crippen LogP contribution in [0.3, 0.4) is 0 Å². The molecule has 0 radical (unpaired) electrons. The van der Waals surface area contributed by atoms with Crippen molar-refractivity contribution in [1.82, 2.24) is 4.98 Å². The minimum absolute atomic E-state index is 0.420. The highest BCUT2D eigenvalue weighted by molar-refractivity contribution is 5.31. The number of terminal acetylenes is 1. The Kier molecular flexibility index (Phi) is 5.66. The molecule has 0 aliphatic rings. The maximum Gasteiger partial charge on any atom is 0.219 e. The van der Waals surface area contributed by atoms with Crippen LogP contribution < -0.4 is 4.74 Å². The molecular weight excluding hydrogens is 236 g/mol. The third kappa shape index (κ3) is 4.53. The summed E-state index contributed by atoms with van der Waals surface area (Å²) in [5.41, 5.74) is 2.08. The lowest BCUT2D eigenvalue weighted by molar-refractivity contribution is 0.462. The largest absolute Gasteiger partial charge is 0.439 e. The standard InChI is InChI=1S/C14H12N2O.C2H2/c1-11-2-7-14(16-10-11)17-13-5-3-12(4-6-13)8-9-15;1-2/h2-7,10H,8H2,1H3;1-2H. The molecule has 2 aromatic rings. The molecule has 0 aliphatic heterocycles. The Morgan fingerprint density at radius 3 is 2.37 bits per heavy atom. The van der Waals surface area contributed by atoms with E-state index in [1.54, 1.807) is 6.20 Å². The summed E-state index contributed by atoms with van der Waals surface area (Å²) in [6.07, 6.45) is 10.2. The van der Waals surface area contributed by atoms with Gasteiger partial charge in [-0.15, -0.1) is 12.8 Å². The molecule has 0 saturated carbocycles. The smallest absolute Gasteiger partial charge is 0.219 e. The predicted octanol–water partition coefficient (Wildman–Crippen LogP) is 3.50. The van der Waals surface area contributed by atoms with Crippen molar-refractivity contribution in [2.75, 3.05) is 0 Å². The molecule has 0 aliphatic carbocycles. The third-order valence-electron chi connectivity index (χ3n) is 2.31. The summed E-state index contributed by atoms with van der Waals surface area (Å²) >= 11 is 0. The molecule has 19 heavy (non-hydrogen) atoms. The van der Waals surface area contributed by atoms with E-state index in [1.807, 2.05) is 43.3 Å². The van der Waals surface area contributed by atoms with Crippen LogP contribution in [0.15, 0.2) is 42.6 Å². The van der Waals surface area contributed by atoms with Gasteiger partial charge in [-0.1, -0.05) is 18.2 Å². The Morgan fingerprint density at radius 1 is 1.16 bits per heavy atom. The molecule has 3 nitrogen and oxygen atoms in total. The lowest BCUT2D eigenvalue weighted by Crippen LogP contribution is -1.88. The zero-order chi connectivity index (χ0) is 14.1. The zero-order valence-electron chi connectivity index (χ0n) is 10.7. The quantitative estimate of drug-likeness (QED) is 0.783. The number of nitrogens with zero attached hydrogens (tertiary/aromatic N) is 2. The molecular formula is C16H14N2O. The van der Waals surface area contributed by atoms with E-state index in [1.165, 1.54) is 0 Å². The molecule has 0 amide bonds. The number of ether oxygens (including phenoxy) is 1. The fourth-order valence-electron chi connectivity index (χ4n) is 1.40. The summed E-state index contributed by atoms with van der Waals surface area (Å²) in [4.78, 5) is 4.16. The Balaban J connectivity index is 0.000000861. The number of hydrogen-bond acceptors (Lipinski definition) is 3. The van der Waals surface area contributed by atoms with Crippen molar-refractivity contribution in [2.24, 2.45) is 0 Å². The summed E-state index contributed by atoms with van der Waals surface area (Å²) in [5, 5.41) is 8.56. The lowest BCUT2D eigenvalue weighted by atomic mass is 10.2. The molecule has 0 bridgehead atoms. The molecule has 0 saturated heterocycles. The van der Waals surface area contributed by atoms with Crippen LogP contribution in [0.5, 0.6) is 11.6 Å². The number of nitriles is 1. The fourth-order valence-corrected chi connectivity index (χ4v) is 1.40. The monoisotopic (exact) mass is 250 g/mol. The van der Waals surface area contributed by atoms with Crippen LogP contribution in [0.25, 0.3) is 0 Å². The molecule has 0 N–H and O–H groups in total. The molecule has 0 spiro atoms. The first kappa shape index (κ1) is 14.3. The van der Waals surface area contributed by atoms with Gasteiger partial charge in [-0.3, -0.25) is 0 Å². The van der Waals surface area contributed by atoms with Gasteiger partial charge in [-0.2, -0.15) is 5.26 Å². The van der Waals surface area contributed by atoms with Gasteiger partial charge < -0.3 is 4.74 Å². The van der Waals surface area contributed by atoms with E-state index >= 15 is 0 Å². The number of hydrogen-bond donors (Lipinski definition) is 0. The normalized spacial score (nSPS) is 8.74. The van der Waals surface area contributed by atoms with Gasteiger partial charge in [0.15, 0.2) is 0 Å². The van der Waals surface area contributed by atoms with E-state index in [4.69, 9.17) is 10.00 Å². The van der Waals surface area contributed by atoms with Crippen LogP contribution in [0.2, 0.25) is 0 Å². The maximum atomic E-state index is 8.56. The fraction of sp³-hybridized carbons (Fsp3) is 0.125. The summed E-state index contributed by atoms with van der Waals surface area (Å²) in [7, 11) is 0. The van der Waals surface area contributed by atoms with E-state index in [9.17, 15) is 0 Å². The van der Waals surface area contributed by atoms with Gasteiger partial charge in [0.25, 0.3) is 0 Å². The molecule has 0 atom stereocenters. The number of aromatic nitrogens is 1. The molecule has 1 aromatic heterocycles. The highest BCUT2D eigenvalue weighted by atomic mass is 16.5. The molecule has 0 unspecified atom stereocenters. The Labute approximate surface area is 113 Å². The summed E-state index contributed by atoms with van der Waals surface area (Å²) in [6, 6.07) is 13.3. The molecule has 1 heterocycles. The molecule has 94 valence electrons. The molecule has 3 heteroatoms. The summed E-state index contributed by atoms with van der Waals surface area (Å²) < 4.78 is 5.57. The van der Waals surface area contributed by atoms with Crippen molar-refractivity contribution in [2.45, 2.75) is 13.3 Å². The van der Waals surface area contributed by atoms with E-state index < -0.39 is 0 Å². The Hall–Kier alpha value is -2.78. The molecule has 0 fully saturated rings. The van der Waals surface area contributed by atoms with Crippen molar-refractivity contribution >= 4 is 0 Å². The van der Waals surface area contributed by atoms with Crippen molar-refractivity contribution in [3.05, 3.63) is 53.7 Å². The van der Waals surface area contributed by atoms with Crippen LogP contribution in [-0.2, 0) is 6.42 Å². The van der Waals surface area contributed by atoms with Crippen LogP contribution in [0.1, 0.15) is 11.1 Å². The molecule has 2 rings (SSSR count). The average molecular weight is 250 g/mol. The zero-order valence-corrected chi connectivity index (χ0v) is 10.7. The van der Waals surface area contributed by atoms with Crippen molar-refractivity contribution in [3.63, 3.8) is 0 Å². The van der Waals surface area contributed by atoms with Gasteiger partial charge in [0.05, 0.1) is 12.5 Å². The number of benzene rings is 1. The van der Waals surface area contributed by atoms with Crippen molar-refractivity contribution < 1.29 is 4.74 Å². The van der Waals surface area contributed by atoms with Crippen molar-refractivity contribution in [1.29, 1.82) is 5.26 Å². The minimum Gasteiger partial charge on any atom is -0.439 e. The van der Waals surface area contributed by atoms with Crippen LogP contribution in [-0.4, -0.2) is 4.98 Å². The average Bonchev–Trinajstić information content (AvgIpc) is 2.46. The van der Waals surface area contributed by atoms with Gasteiger partial charge >= 0.3 is 0 Å². The van der Waals surface area contributed by atoms with Gasteiger partial charge in [0.1, 0.15) is 5.75 Å². The minimum atomic E-state index is 0.420. The highest BCUT2D eigenvalue weighted by Crippen LogP contribution is 2.19. The van der Waals surface area contributed by atoms with Gasteiger partial charge in [0.2, 0.25) is 5.88 Å². The Bertz CT molecular complexity index is 562. The molecule has 1 aromatic carbocycles. The SMILES string of the molecule is C#C.Cc1ccc(Oc2ccc(CC#N)cc2)nc1. The van der Waals surface area contributed by atoms with Gasteiger partial charge in [-0.05, 0) is 30.2 Å². The Morgan fingerprint density at radius 2 is 1.84 bits per heavy atom. The van der Waals surface area contributed by atoms with E-state index in [2.05, 4.69) is 23.9 Å². The first-order chi connectivity index (χ1) is 9.28. The second-order valence-electron chi connectivity index (χ2n) is 3.75. The number of rotatable bonds is 3. The van der Waals surface area contributed by atoms with E-state index in [-0.39, 0.29) is 0 Å². The second-order valence-corrected chi connectivity index (χ2v) is 3.75.